The van der Waals surface area contributed by atoms with Gasteiger partial charge in [-0.2, -0.15) is 0 Å². The quantitative estimate of drug-likeness (QED) is 0.374. The number of rotatable bonds is 2. The van der Waals surface area contributed by atoms with Crippen LogP contribution in [0.3, 0.4) is 0 Å². The van der Waals surface area contributed by atoms with E-state index in [-0.39, 0.29) is 21.6 Å². The number of phenolic OH excluding ortho intramolecular Hbond substituents is 2. The molecule has 0 aromatic heterocycles. The van der Waals surface area contributed by atoms with E-state index < -0.39 is 0 Å². The van der Waals surface area contributed by atoms with Crippen LogP contribution in [0.4, 0.5) is 0 Å². The molecule has 0 saturated heterocycles. The predicted octanol–water partition coefficient (Wildman–Crippen LogP) is 6.06. The lowest BCUT2D eigenvalue weighted by molar-refractivity contribution is -0.112. The van der Waals surface area contributed by atoms with Crippen molar-refractivity contribution in [1.82, 2.24) is 0 Å². The first-order chi connectivity index (χ1) is 11.3. The van der Waals surface area contributed by atoms with Gasteiger partial charge in [0.25, 0.3) is 0 Å². The topological polar surface area (TPSA) is 57.5 Å². The lowest BCUT2D eigenvalue weighted by Crippen LogP contribution is -1.76. The fraction of sp³-hybridized carbons (Fsp3) is 0.0556. The van der Waals surface area contributed by atoms with E-state index in [2.05, 4.69) is 6.58 Å². The van der Waals surface area contributed by atoms with E-state index in [4.69, 9.17) is 45.0 Å². The van der Waals surface area contributed by atoms with Gasteiger partial charge < -0.3 is 10.2 Å². The largest absolute Gasteiger partial charge is 0.508 e. The highest BCUT2D eigenvalue weighted by atomic mass is 35.5. The first-order valence-corrected chi connectivity index (χ1v) is 7.79. The molecule has 0 aliphatic rings. The van der Waals surface area contributed by atoms with E-state index >= 15 is 0 Å². The molecule has 0 aliphatic heterocycles. The van der Waals surface area contributed by atoms with E-state index in [0.717, 1.165) is 0 Å². The van der Waals surface area contributed by atoms with Crippen molar-refractivity contribution < 1.29 is 15.0 Å². The van der Waals surface area contributed by atoms with Gasteiger partial charge in [0.15, 0.2) is 5.78 Å². The van der Waals surface area contributed by atoms with Crippen LogP contribution in [0.25, 0.3) is 0 Å². The second-order valence-corrected chi connectivity index (χ2v) is 5.40. The third-order valence-electron chi connectivity index (χ3n) is 2.24. The summed E-state index contributed by atoms with van der Waals surface area (Å²) >= 11 is 16.6. The Morgan fingerprint density at radius 1 is 1.00 bits per heavy atom. The molecule has 24 heavy (non-hydrogen) atoms. The molecular formula is C18H17Cl3O3. The van der Waals surface area contributed by atoms with Gasteiger partial charge in [0.2, 0.25) is 0 Å². The molecule has 0 radical (unpaired) electrons. The highest BCUT2D eigenvalue weighted by Gasteiger charge is 2.06. The third kappa shape index (κ3) is 9.95. The lowest BCUT2D eigenvalue weighted by Gasteiger charge is -1.99. The van der Waals surface area contributed by atoms with Crippen molar-refractivity contribution in [3.8, 4) is 11.5 Å². The van der Waals surface area contributed by atoms with Gasteiger partial charge in [0.05, 0.1) is 10.0 Å². The molecule has 0 fully saturated rings. The molecule has 2 aromatic rings. The van der Waals surface area contributed by atoms with Crippen LogP contribution in [0, 0.1) is 0 Å². The number of allylic oxidation sites excluding steroid dienone is 3. The van der Waals surface area contributed by atoms with Gasteiger partial charge in [-0.1, -0.05) is 71.7 Å². The number of benzene rings is 2. The Labute approximate surface area is 156 Å². The van der Waals surface area contributed by atoms with Crippen molar-refractivity contribution in [3.05, 3.63) is 82.3 Å². The second-order valence-electron chi connectivity index (χ2n) is 4.24. The summed E-state index contributed by atoms with van der Waals surface area (Å²) in [6, 6.07) is 11.6. The first kappa shape index (κ1) is 22.1. The molecule has 2 N–H and O–H groups in total. The maximum Gasteiger partial charge on any atom is 0.152 e. The molecule has 3 nitrogen and oxygen atoms in total. The standard InChI is InChI=1S/C6H3Cl3O.C6H6O.C6H8O/c7-3-1-2-4(10)6(9)5(3)8;7-6-4-2-1-3-5-6;1-3-4-5-6(2)7/h1-2,10H;1-5,7H;3-5H,1H2,2H3/b;;5-4+. The monoisotopic (exact) mass is 386 g/mol. The Balaban J connectivity index is 0.000000340. The highest BCUT2D eigenvalue weighted by molar-refractivity contribution is 6.48. The number of hydrogen-bond acceptors (Lipinski definition) is 3. The van der Waals surface area contributed by atoms with Gasteiger partial charge in [0, 0.05) is 0 Å². The molecule has 2 rings (SSSR count). The zero-order valence-corrected chi connectivity index (χ0v) is 15.2. The summed E-state index contributed by atoms with van der Waals surface area (Å²) < 4.78 is 0. The van der Waals surface area contributed by atoms with E-state index in [9.17, 15) is 4.79 Å². The van der Waals surface area contributed by atoms with Crippen molar-refractivity contribution in [3.63, 3.8) is 0 Å². The maximum atomic E-state index is 10.1. The number of halogens is 3. The SMILES string of the molecule is C=C/C=C/C(C)=O.Oc1ccc(Cl)c(Cl)c1Cl.Oc1ccccc1. The number of aromatic hydroxyl groups is 2. The summed E-state index contributed by atoms with van der Waals surface area (Å²) in [5.41, 5.74) is 0. The second kappa shape index (κ2) is 12.5. The summed E-state index contributed by atoms with van der Waals surface area (Å²) in [7, 11) is 0. The summed E-state index contributed by atoms with van der Waals surface area (Å²) in [4.78, 5) is 10.1. The van der Waals surface area contributed by atoms with Gasteiger partial charge in [-0.15, -0.1) is 0 Å². The van der Waals surface area contributed by atoms with Gasteiger partial charge in [-0.25, -0.2) is 0 Å². The zero-order valence-electron chi connectivity index (χ0n) is 12.9. The van der Waals surface area contributed by atoms with Crippen LogP contribution in [-0.4, -0.2) is 16.0 Å². The van der Waals surface area contributed by atoms with Gasteiger partial charge in [-0.05, 0) is 37.3 Å². The molecule has 0 aliphatic carbocycles. The molecule has 0 atom stereocenters. The number of phenols is 2. The van der Waals surface area contributed by atoms with Crippen molar-refractivity contribution >= 4 is 40.6 Å². The fourth-order valence-electron chi connectivity index (χ4n) is 1.15. The van der Waals surface area contributed by atoms with Gasteiger partial charge >= 0.3 is 0 Å². The van der Waals surface area contributed by atoms with Crippen LogP contribution >= 0.6 is 34.8 Å². The summed E-state index contributed by atoms with van der Waals surface area (Å²) in [5, 5.41) is 18.2. The molecule has 0 heterocycles. The molecule has 0 spiro atoms. The maximum absolute atomic E-state index is 10.1. The first-order valence-electron chi connectivity index (χ1n) is 6.65. The van der Waals surface area contributed by atoms with E-state index in [1.807, 2.05) is 6.07 Å². The van der Waals surface area contributed by atoms with Crippen LogP contribution in [-0.2, 0) is 4.79 Å². The molecule has 0 unspecified atom stereocenters. The van der Waals surface area contributed by atoms with Crippen LogP contribution < -0.4 is 0 Å². The van der Waals surface area contributed by atoms with Crippen molar-refractivity contribution in [2.24, 2.45) is 0 Å². The summed E-state index contributed by atoms with van der Waals surface area (Å²) in [6.45, 7) is 4.89. The fourth-order valence-corrected chi connectivity index (χ4v) is 1.68. The number of carbonyl (C=O) groups excluding carboxylic acids is 1. The summed E-state index contributed by atoms with van der Waals surface area (Å²) in [5.74, 6) is 0.318. The Kier molecular flexibility index (Phi) is 11.5. The van der Waals surface area contributed by atoms with Crippen LogP contribution in [0.2, 0.25) is 15.1 Å². The highest BCUT2D eigenvalue weighted by Crippen LogP contribution is 2.35. The molecule has 128 valence electrons. The average Bonchev–Trinajstić information content (AvgIpc) is 2.56. The van der Waals surface area contributed by atoms with Gasteiger partial charge in [0.1, 0.15) is 16.5 Å². The van der Waals surface area contributed by atoms with Crippen LogP contribution in [0.1, 0.15) is 6.92 Å². The van der Waals surface area contributed by atoms with Gasteiger partial charge in [-0.3, -0.25) is 4.79 Å². The Morgan fingerprint density at radius 3 is 1.92 bits per heavy atom. The third-order valence-corrected chi connectivity index (χ3v) is 3.52. The molecular weight excluding hydrogens is 371 g/mol. The number of carbonyl (C=O) groups is 1. The molecule has 0 saturated carbocycles. The number of para-hydroxylation sites is 1. The number of hydrogen-bond donors (Lipinski definition) is 2. The minimum atomic E-state index is -0.0592. The zero-order chi connectivity index (χ0) is 18.5. The molecule has 0 amide bonds. The molecule has 0 bridgehead atoms. The summed E-state index contributed by atoms with van der Waals surface area (Å²) in [6.07, 6.45) is 4.65. The van der Waals surface area contributed by atoms with Crippen molar-refractivity contribution in [2.75, 3.05) is 0 Å². The predicted molar refractivity (Wildman–Crippen MR) is 101 cm³/mol. The minimum absolute atomic E-state index is 0.0555. The smallest absolute Gasteiger partial charge is 0.152 e. The van der Waals surface area contributed by atoms with Crippen LogP contribution in [0.5, 0.6) is 11.5 Å². The average molecular weight is 388 g/mol. The minimum Gasteiger partial charge on any atom is -0.508 e. The van der Waals surface area contributed by atoms with Crippen molar-refractivity contribution in [2.45, 2.75) is 6.92 Å². The Bertz CT molecular complexity index is 656. The van der Waals surface area contributed by atoms with E-state index in [0.29, 0.717) is 10.8 Å². The van der Waals surface area contributed by atoms with E-state index in [1.54, 1.807) is 36.4 Å². The van der Waals surface area contributed by atoms with E-state index in [1.165, 1.54) is 25.1 Å². The number of ketones is 1. The molecule has 6 heteroatoms. The Morgan fingerprint density at radius 2 is 1.58 bits per heavy atom. The van der Waals surface area contributed by atoms with Crippen LogP contribution in [0.15, 0.2) is 67.3 Å². The Hall–Kier alpha value is -1.94. The molecule has 2 aromatic carbocycles. The van der Waals surface area contributed by atoms with Crippen molar-refractivity contribution in [1.29, 1.82) is 0 Å². The lowest BCUT2D eigenvalue weighted by atomic mass is 10.3. The normalized spacial score (nSPS) is 9.33.